The van der Waals surface area contributed by atoms with Gasteiger partial charge in [-0.05, 0) is 43.3 Å². The number of amides is 3. The zero-order valence-electron chi connectivity index (χ0n) is 17.0. The van der Waals surface area contributed by atoms with Gasteiger partial charge in [-0.25, -0.2) is 0 Å². The van der Waals surface area contributed by atoms with E-state index in [9.17, 15) is 14.4 Å². The average molecular weight is 430 g/mol. The van der Waals surface area contributed by atoms with Crippen LogP contribution in [0, 0.1) is 0 Å². The first-order chi connectivity index (χ1) is 14.5. The summed E-state index contributed by atoms with van der Waals surface area (Å²) in [6.07, 6.45) is 4.38. The summed E-state index contributed by atoms with van der Waals surface area (Å²) >= 11 is 1.71. The minimum absolute atomic E-state index is 0.0196. The molecule has 3 rings (SSSR count). The summed E-state index contributed by atoms with van der Waals surface area (Å²) in [7, 11) is 0. The molecule has 30 heavy (non-hydrogen) atoms. The Labute approximate surface area is 180 Å². The van der Waals surface area contributed by atoms with Crippen LogP contribution in [-0.2, 0) is 19.8 Å². The van der Waals surface area contributed by atoms with Crippen LogP contribution in [0.3, 0.4) is 0 Å². The van der Waals surface area contributed by atoms with Crippen molar-refractivity contribution in [1.82, 2.24) is 10.6 Å². The quantitative estimate of drug-likeness (QED) is 0.562. The minimum atomic E-state index is -0.870. The van der Waals surface area contributed by atoms with Crippen molar-refractivity contribution in [2.45, 2.75) is 38.0 Å². The average Bonchev–Trinajstić information content (AvgIpc) is 3.45. The summed E-state index contributed by atoms with van der Waals surface area (Å²) in [6, 6.07) is 11.0. The number of nitrogens with one attached hydrogen (secondary N) is 3. The van der Waals surface area contributed by atoms with Gasteiger partial charge >= 0.3 is 11.8 Å². The number of carbonyl (C=O) groups is 3. The third-order valence-electron chi connectivity index (χ3n) is 5.28. The lowest BCUT2D eigenvalue weighted by Gasteiger charge is -2.28. The van der Waals surface area contributed by atoms with Crippen molar-refractivity contribution in [2.75, 3.05) is 25.0 Å². The fourth-order valence-corrected chi connectivity index (χ4v) is 4.73. The van der Waals surface area contributed by atoms with Crippen LogP contribution in [-0.4, -0.2) is 37.4 Å². The van der Waals surface area contributed by atoms with Gasteiger partial charge in [0.15, 0.2) is 0 Å². The van der Waals surface area contributed by atoms with Gasteiger partial charge in [0.25, 0.3) is 0 Å². The van der Waals surface area contributed by atoms with Gasteiger partial charge < -0.3 is 20.7 Å². The summed E-state index contributed by atoms with van der Waals surface area (Å²) in [5, 5.41) is 9.87. The second kappa shape index (κ2) is 10.2. The number of carbonyl (C=O) groups excluding carboxylic acids is 3. The second-order valence-electron chi connectivity index (χ2n) is 7.31. The molecule has 1 aromatic carbocycles. The molecule has 0 saturated heterocycles. The van der Waals surface area contributed by atoms with Crippen LogP contribution < -0.4 is 20.7 Å². The topological polar surface area (TPSA) is 96.5 Å². The molecule has 1 saturated carbocycles. The van der Waals surface area contributed by atoms with Crippen molar-refractivity contribution < 1.29 is 19.1 Å². The first-order valence-corrected chi connectivity index (χ1v) is 11.0. The molecule has 1 aromatic heterocycles. The van der Waals surface area contributed by atoms with E-state index in [1.54, 1.807) is 35.6 Å². The minimum Gasteiger partial charge on any atom is -0.492 e. The molecule has 8 heteroatoms. The Balaban J connectivity index is 1.47. The van der Waals surface area contributed by atoms with E-state index >= 15 is 0 Å². The largest absolute Gasteiger partial charge is 0.492 e. The van der Waals surface area contributed by atoms with Crippen LogP contribution in [0.2, 0.25) is 0 Å². The summed E-state index contributed by atoms with van der Waals surface area (Å²) in [4.78, 5) is 37.8. The predicted octanol–water partition coefficient (Wildman–Crippen LogP) is 2.83. The lowest BCUT2D eigenvalue weighted by Crippen LogP contribution is -2.45. The molecule has 0 aliphatic heterocycles. The fraction of sp³-hybridized carbons (Fsp3) is 0.409. The van der Waals surface area contributed by atoms with Crippen LogP contribution in [0.25, 0.3) is 0 Å². The second-order valence-corrected chi connectivity index (χ2v) is 8.26. The maximum absolute atomic E-state index is 12.3. The number of ether oxygens (including phenoxy) is 1. The van der Waals surface area contributed by atoms with Gasteiger partial charge in [0.2, 0.25) is 5.91 Å². The molecular weight excluding hydrogens is 402 g/mol. The monoisotopic (exact) mass is 429 g/mol. The Bertz CT molecular complexity index is 876. The van der Waals surface area contributed by atoms with Gasteiger partial charge in [0, 0.05) is 16.8 Å². The van der Waals surface area contributed by atoms with E-state index in [0.717, 1.165) is 25.7 Å². The molecule has 3 amide bonds. The molecule has 0 atom stereocenters. The van der Waals surface area contributed by atoms with Crippen molar-refractivity contribution in [2.24, 2.45) is 0 Å². The number of para-hydroxylation sites is 2. The summed E-state index contributed by atoms with van der Waals surface area (Å²) in [5.74, 6) is -1.55. The van der Waals surface area contributed by atoms with E-state index in [4.69, 9.17) is 4.74 Å². The van der Waals surface area contributed by atoms with E-state index in [0.29, 0.717) is 24.6 Å². The van der Waals surface area contributed by atoms with Crippen LogP contribution in [0.1, 0.15) is 37.5 Å². The van der Waals surface area contributed by atoms with Gasteiger partial charge in [0.05, 0.1) is 18.8 Å². The molecule has 0 spiro atoms. The lowest BCUT2D eigenvalue weighted by molar-refractivity contribution is -0.136. The number of thiophene rings is 1. The molecular formula is C22H27N3O4S. The Kier molecular flexibility index (Phi) is 7.46. The van der Waals surface area contributed by atoms with Crippen LogP contribution in [0.5, 0.6) is 5.75 Å². The smallest absolute Gasteiger partial charge is 0.313 e. The van der Waals surface area contributed by atoms with E-state index in [2.05, 4.69) is 27.4 Å². The lowest BCUT2D eigenvalue weighted by atomic mass is 9.84. The normalized spacial score (nSPS) is 14.7. The van der Waals surface area contributed by atoms with Crippen molar-refractivity contribution in [3.63, 3.8) is 0 Å². The Hall–Kier alpha value is -2.87. The molecule has 160 valence electrons. The highest BCUT2D eigenvalue weighted by atomic mass is 32.1. The molecule has 1 heterocycles. The van der Waals surface area contributed by atoms with E-state index in [1.807, 2.05) is 13.0 Å². The Morgan fingerprint density at radius 2 is 1.80 bits per heavy atom. The van der Waals surface area contributed by atoms with Crippen molar-refractivity contribution in [3.8, 4) is 5.75 Å². The molecule has 0 bridgehead atoms. The molecule has 3 N–H and O–H groups in total. The van der Waals surface area contributed by atoms with Crippen LogP contribution >= 0.6 is 11.3 Å². The number of rotatable bonds is 8. The van der Waals surface area contributed by atoms with E-state index in [1.165, 1.54) is 4.88 Å². The van der Waals surface area contributed by atoms with Gasteiger partial charge in [-0.3, -0.25) is 14.4 Å². The number of hydrogen-bond acceptors (Lipinski definition) is 5. The summed E-state index contributed by atoms with van der Waals surface area (Å²) in [6.45, 7) is 2.56. The SMILES string of the molecule is CCOc1ccccc1NC(=O)C(=O)NCC(=O)NCC1(c2cccs2)CCCC1. The van der Waals surface area contributed by atoms with E-state index in [-0.39, 0.29) is 17.9 Å². The zero-order valence-corrected chi connectivity index (χ0v) is 17.8. The van der Waals surface area contributed by atoms with Gasteiger partial charge in [0.1, 0.15) is 5.75 Å². The predicted molar refractivity (Wildman–Crippen MR) is 117 cm³/mol. The number of benzene rings is 1. The van der Waals surface area contributed by atoms with Gasteiger partial charge in [-0.2, -0.15) is 0 Å². The van der Waals surface area contributed by atoms with Crippen LogP contribution in [0.15, 0.2) is 41.8 Å². The van der Waals surface area contributed by atoms with Crippen LogP contribution in [0.4, 0.5) is 5.69 Å². The molecule has 1 aliphatic rings. The zero-order chi connectivity index (χ0) is 21.4. The summed E-state index contributed by atoms with van der Waals surface area (Å²) in [5.41, 5.74) is 0.386. The Morgan fingerprint density at radius 1 is 1.03 bits per heavy atom. The number of hydrogen-bond donors (Lipinski definition) is 3. The Morgan fingerprint density at radius 3 is 2.50 bits per heavy atom. The first kappa shape index (κ1) is 21.8. The molecule has 2 aromatic rings. The molecule has 0 radical (unpaired) electrons. The molecule has 0 unspecified atom stereocenters. The molecule has 1 fully saturated rings. The maximum atomic E-state index is 12.3. The molecule has 1 aliphatic carbocycles. The first-order valence-electron chi connectivity index (χ1n) is 10.2. The van der Waals surface area contributed by atoms with Crippen molar-refractivity contribution in [1.29, 1.82) is 0 Å². The fourth-order valence-electron chi connectivity index (χ4n) is 3.74. The third kappa shape index (κ3) is 5.38. The van der Waals surface area contributed by atoms with Crippen molar-refractivity contribution in [3.05, 3.63) is 46.7 Å². The highest BCUT2D eigenvalue weighted by molar-refractivity contribution is 7.10. The van der Waals surface area contributed by atoms with Gasteiger partial charge in [-0.15, -0.1) is 11.3 Å². The molecule has 7 nitrogen and oxygen atoms in total. The van der Waals surface area contributed by atoms with E-state index < -0.39 is 11.8 Å². The van der Waals surface area contributed by atoms with Crippen molar-refractivity contribution >= 4 is 34.7 Å². The third-order valence-corrected chi connectivity index (χ3v) is 6.40. The van der Waals surface area contributed by atoms with Gasteiger partial charge in [-0.1, -0.05) is 31.0 Å². The summed E-state index contributed by atoms with van der Waals surface area (Å²) < 4.78 is 5.43. The maximum Gasteiger partial charge on any atom is 0.313 e. The highest BCUT2D eigenvalue weighted by Gasteiger charge is 2.36. The highest BCUT2D eigenvalue weighted by Crippen LogP contribution is 2.42. The standard InChI is InChI=1S/C22H27N3O4S/c1-2-29-17-9-4-3-8-16(17)25-21(28)20(27)23-14-19(26)24-15-22(11-5-6-12-22)18-10-7-13-30-18/h3-4,7-10,13H,2,5-6,11-12,14-15H2,1H3,(H,23,27)(H,24,26)(H,25,28). The number of anilines is 1.